The molecule has 1 aromatic carbocycles. The molecule has 0 saturated carbocycles. The van der Waals surface area contributed by atoms with Crippen LogP contribution in [-0.4, -0.2) is 23.2 Å². The van der Waals surface area contributed by atoms with Crippen LogP contribution in [-0.2, 0) is 9.53 Å². The minimum absolute atomic E-state index is 0.0992. The average Bonchev–Trinajstić information content (AvgIpc) is 2.44. The Labute approximate surface area is 120 Å². The van der Waals surface area contributed by atoms with Gasteiger partial charge in [-0.1, -0.05) is 0 Å². The predicted octanol–water partition coefficient (Wildman–Crippen LogP) is 1.75. The van der Waals surface area contributed by atoms with Crippen LogP contribution in [0.5, 0.6) is 5.75 Å². The van der Waals surface area contributed by atoms with E-state index >= 15 is 0 Å². The Kier molecular flexibility index (Phi) is 5.41. The van der Waals surface area contributed by atoms with E-state index in [9.17, 15) is 14.9 Å². The largest absolute Gasteiger partial charge is 0.461 e. The van der Waals surface area contributed by atoms with Crippen LogP contribution in [0.25, 0.3) is 0 Å². The molecule has 0 aliphatic rings. The van der Waals surface area contributed by atoms with Gasteiger partial charge in [0.2, 0.25) is 0 Å². The van der Waals surface area contributed by atoms with E-state index in [4.69, 9.17) is 20.6 Å². The summed E-state index contributed by atoms with van der Waals surface area (Å²) < 4.78 is 10.0. The van der Waals surface area contributed by atoms with Crippen LogP contribution in [0.1, 0.15) is 13.8 Å². The molecule has 0 radical (unpaired) electrons. The summed E-state index contributed by atoms with van der Waals surface area (Å²) in [6.45, 7) is 3.20. The van der Waals surface area contributed by atoms with Gasteiger partial charge in [-0.15, -0.1) is 0 Å². The monoisotopic (exact) mass is 293 g/mol. The fraction of sp³-hybridized carbons (Fsp3) is 0.231. The number of nitro benzene ring substituents is 1. The van der Waals surface area contributed by atoms with E-state index in [2.05, 4.69) is 0 Å². The van der Waals surface area contributed by atoms with E-state index in [1.807, 2.05) is 0 Å². The summed E-state index contributed by atoms with van der Waals surface area (Å²) in [5.74, 6) is -0.795. The van der Waals surface area contributed by atoms with Gasteiger partial charge < -0.3 is 15.2 Å². The quantitative estimate of drug-likeness (QED) is 0.270. The summed E-state index contributed by atoms with van der Waals surface area (Å²) in [7, 11) is 0. The summed E-state index contributed by atoms with van der Waals surface area (Å²) in [5.41, 5.74) is 5.09. The Morgan fingerprint density at radius 1 is 1.38 bits per heavy atom. The maximum Gasteiger partial charge on any atom is 0.360 e. The molecule has 21 heavy (non-hydrogen) atoms. The van der Waals surface area contributed by atoms with Gasteiger partial charge in [0.25, 0.3) is 5.69 Å². The second-order valence-corrected chi connectivity index (χ2v) is 3.96. The van der Waals surface area contributed by atoms with E-state index < -0.39 is 16.6 Å². The Morgan fingerprint density at radius 3 is 2.38 bits per heavy atom. The van der Waals surface area contributed by atoms with Crippen molar-refractivity contribution >= 4 is 17.4 Å². The lowest BCUT2D eigenvalue weighted by Crippen LogP contribution is -2.24. The summed E-state index contributed by atoms with van der Waals surface area (Å²) in [5, 5.41) is 18.3. The molecule has 0 aliphatic heterocycles. The molecule has 112 valence electrons. The molecule has 1 aromatic rings. The van der Waals surface area contributed by atoms with Gasteiger partial charge in [-0.3, -0.25) is 15.5 Å². The van der Waals surface area contributed by atoms with Crippen LogP contribution in [0.4, 0.5) is 5.69 Å². The van der Waals surface area contributed by atoms with Gasteiger partial charge in [-0.2, -0.15) is 0 Å². The highest BCUT2D eigenvalue weighted by Gasteiger charge is 2.20. The lowest BCUT2D eigenvalue weighted by Gasteiger charge is -2.12. The summed E-state index contributed by atoms with van der Waals surface area (Å²) >= 11 is 0. The van der Waals surface area contributed by atoms with Crippen molar-refractivity contribution in [3.8, 4) is 5.75 Å². The molecule has 8 heteroatoms. The molecule has 8 nitrogen and oxygen atoms in total. The number of carbonyl (C=O) groups is 1. The molecule has 1 rings (SSSR count). The second kappa shape index (κ2) is 7.04. The van der Waals surface area contributed by atoms with E-state index in [1.54, 1.807) is 6.92 Å². The normalized spacial score (nSPS) is 11.3. The zero-order valence-electron chi connectivity index (χ0n) is 11.6. The van der Waals surface area contributed by atoms with Crippen LogP contribution in [0.15, 0.2) is 35.7 Å². The Hall–Kier alpha value is -2.90. The molecule has 0 spiro atoms. The summed E-state index contributed by atoms with van der Waals surface area (Å²) in [6.07, 6.45) is 0. The van der Waals surface area contributed by atoms with Crippen molar-refractivity contribution in [2.75, 3.05) is 6.61 Å². The van der Waals surface area contributed by atoms with E-state index in [0.717, 1.165) is 0 Å². The first-order valence-electron chi connectivity index (χ1n) is 6.01. The first-order chi connectivity index (χ1) is 9.86. The maximum atomic E-state index is 11.5. The second-order valence-electron chi connectivity index (χ2n) is 3.96. The zero-order chi connectivity index (χ0) is 16.0. The predicted molar refractivity (Wildman–Crippen MR) is 75.0 cm³/mol. The fourth-order valence-electron chi connectivity index (χ4n) is 1.38. The standard InChI is InChI=1S/C13H15N3O5/c1-3-20-13(17)11(15)12(8(2)14)21-10-6-4-9(5-7-10)16(18)19/h4-7,15H,3,14H2,1-2H3/b12-8+,15-11?. The zero-order valence-corrected chi connectivity index (χ0v) is 11.6. The number of ether oxygens (including phenoxy) is 2. The molecule has 0 aromatic heterocycles. The fourth-order valence-corrected chi connectivity index (χ4v) is 1.38. The van der Waals surface area contributed by atoms with Crippen molar-refractivity contribution in [2.24, 2.45) is 5.73 Å². The molecular formula is C13H15N3O5. The third-order valence-electron chi connectivity index (χ3n) is 2.33. The number of rotatable bonds is 6. The molecular weight excluding hydrogens is 278 g/mol. The molecule has 0 saturated heterocycles. The van der Waals surface area contributed by atoms with Crippen molar-refractivity contribution in [1.82, 2.24) is 0 Å². The summed E-state index contributed by atoms with van der Waals surface area (Å²) in [6, 6.07) is 5.18. The van der Waals surface area contributed by atoms with Crippen molar-refractivity contribution in [1.29, 1.82) is 5.41 Å². The number of hydrogen-bond acceptors (Lipinski definition) is 7. The highest BCUT2D eigenvalue weighted by Crippen LogP contribution is 2.20. The molecule has 0 amide bonds. The number of esters is 1. The number of benzene rings is 1. The molecule has 0 aliphatic carbocycles. The molecule has 0 bridgehead atoms. The van der Waals surface area contributed by atoms with Crippen molar-refractivity contribution in [3.05, 3.63) is 45.8 Å². The molecule has 3 N–H and O–H groups in total. The maximum absolute atomic E-state index is 11.5. The van der Waals surface area contributed by atoms with Crippen LogP contribution >= 0.6 is 0 Å². The molecule has 0 heterocycles. The van der Waals surface area contributed by atoms with Crippen molar-refractivity contribution < 1.29 is 19.2 Å². The number of allylic oxidation sites excluding steroid dienone is 1. The Morgan fingerprint density at radius 2 is 1.95 bits per heavy atom. The average molecular weight is 293 g/mol. The van der Waals surface area contributed by atoms with Crippen molar-refractivity contribution in [3.63, 3.8) is 0 Å². The van der Waals surface area contributed by atoms with Crippen molar-refractivity contribution in [2.45, 2.75) is 13.8 Å². The number of non-ortho nitro benzene ring substituents is 1. The molecule has 0 unspecified atom stereocenters. The number of nitro groups is 1. The number of carbonyl (C=O) groups excluding carboxylic acids is 1. The number of nitrogens with one attached hydrogen (secondary N) is 1. The SMILES string of the molecule is CCOC(=O)C(=N)/C(Oc1ccc([N+](=O)[O-])cc1)=C(/C)N. The lowest BCUT2D eigenvalue weighted by molar-refractivity contribution is -0.384. The number of hydrogen-bond donors (Lipinski definition) is 2. The molecule has 0 fully saturated rings. The van der Waals surface area contributed by atoms with E-state index in [-0.39, 0.29) is 29.5 Å². The first-order valence-corrected chi connectivity index (χ1v) is 6.01. The highest BCUT2D eigenvalue weighted by molar-refractivity contribution is 6.41. The van der Waals surface area contributed by atoms with Gasteiger partial charge in [-0.05, 0) is 26.0 Å². The van der Waals surface area contributed by atoms with E-state index in [0.29, 0.717) is 0 Å². The van der Waals surface area contributed by atoms with Crippen LogP contribution in [0.3, 0.4) is 0 Å². The number of nitrogens with zero attached hydrogens (tertiary/aromatic N) is 1. The number of nitrogens with two attached hydrogens (primary N) is 1. The first kappa shape index (κ1) is 16.2. The topological polar surface area (TPSA) is 129 Å². The third kappa shape index (κ3) is 4.30. The van der Waals surface area contributed by atoms with Gasteiger partial charge in [-0.25, -0.2) is 4.79 Å². The van der Waals surface area contributed by atoms with Gasteiger partial charge in [0, 0.05) is 12.1 Å². The van der Waals surface area contributed by atoms with Crippen LogP contribution < -0.4 is 10.5 Å². The van der Waals surface area contributed by atoms with Crippen LogP contribution in [0, 0.1) is 15.5 Å². The highest BCUT2D eigenvalue weighted by atomic mass is 16.6. The third-order valence-corrected chi connectivity index (χ3v) is 2.33. The summed E-state index contributed by atoms with van der Waals surface area (Å²) in [4.78, 5) is 21.5. The Bertz CT molecular complexity index is 588. The minimum Gasteiger partial charge on any atom is -0.461 e. The molecule has 0 atom stereocenters. The minimum atomic E-state index is -0.862. The van der Waals surface area contributed by atoms with Gasteiger partial charge >= 0.3 is 5.97 Å². The van der Waals surface area contributed by atoms with Crippen LogP contribution in [0.2, 0.25) is 0 Å². The van der Waals surface area contributed by atoms with Gasteiger partial charge in [0.15, 0.2) is 11.5 Å². The Balaban J connectivity index is 2.95. The van der Waals surface area contributed by atoms with E-state index in [1.165, 1.54) is 31.2 Å². The van der Waals surface area contributed by atoms with Gasteiger partial charge in [0.05, 0.1) is 17.2 Å². The lowest BCUT2D eigenvalue weighted by atomic mass is 10.2. The smallest absolute Gasteiger partial charge is 0.360 e. The van der Waals surface area contributed by atoms with Gasteiger partial charge in [0.1, 0.15) is 5.75 Å².